The maximum absolute atomic E-state index is 13.1. The molecule has 0 radical (unpaired) electrons. The predicted molar refractivity (Wildman–Crippen MR) is 115 cm³/mol. The monoisotopic (exact) mass is 406 g/mol. The van der Waals surface area contributed by atoms with Gasteiger partial charge < -0.3 is 10.2 Å². The summed E-state index contributed by atoms with van der Waals surface area (Å²) in [5.41, 5.74) is 1.80. The molecule has 2 amide bonds. The number of halogens is 1. The summed E-state index contributed by atoms with van der Waals surface area (Å²) in [4.78, 5) is 27.9. The third-order valence-electron chi connectivity index (χ3n) is 6.24. The Balaban J connectivity index is 1.47. The molecule has 4 nitrogen and oxygen atoms in total. The number of likely N-dealkylation sites (tertiary alicyclic amines) is 1. The van der Waals surface area contributed by atoms with Crippen LogP contribution < -0.4 is 5.32 Å². The van der Waals surface area contributed by atoms with Crippen LogP contribution in [0.15, 0.2) is 60.7 Å². The van der Waals surface area contributed by atoms with Crippen molar-refractivity contribution in [2.24, 2.45) is 5.92 Å². The van der Waals surface area contributed by atoms with E-state index in [4.69, 9.17) is 0 Å². The molecule has 1 saturated heterocycles. The first-order valence-electron chi connectivity index (χ1n) is 10.7. The SMILES string of the molecule is O=C(NCc1ccc(F)cc1)C1CC2CCCCC2N1C(=O)C=Cc1ccccc1. The van der Waals surface area contributed by atoms with Crippen LogP contribution in [0, 0.1) is 11.7 Å². The molecule has 0 aromatic heterocycles. The van der Waals surface area contributed by atoms with Crippen LogP contribution in [0.4, 0.5) is 4.39 Å². The van der Waals surface area contributed by atoms with Gasteiger partial charge in [0.05, 0.1) is 0 Å². The van der Waals surface area contributed by atoms with E-state index < -0.39 is 6.04 Å². The topological polar surface area (TPSA) is 49.4 Å². The van der Waals surface area contributed by atoms with Gasteiger partial charge in [0.1, 0.15) is 11.9 Å². The summed E-state index contributed by atoms with van der Waals surface area (Å²) in [7, 11) is 0. The third kappa shape index (κ3) is 4.61. The summed E-state index contributed by atoms with van der Waals surface area (Å²) >= 11 is 0. The van der Waals surface area contributed by atoms with Crippen molar-refractivity contribution in [1.29, 1.82) is 0 Å². The van der Waals surface area contributed by atoms with Gasteiger partial charge in [0.2, 0.25) is 11.8 Å². The van der Waals surface area contributed by atoms with Crippen molar-refractivity contribution in [3.8, 4) is 0 Å². The molecule has 30 heavy (non-hydrogen) atoms. The van der Waals surface area contributed by atoms with Crippen molar-refractivity contribution in [1.82, 2.24) is 10.2 Å². The summed E-state index contributed by atoms with van der Waals surface area (Å²) in [6.07, 6.45) is 8.39. The lowest BCUT2D eigenvalue weighted by Crippen LogP contribution is -2.48. The first kappa shape index (κ1) is 20.3. The van der Waals surface area contributed by atoms with Crippen molar-refractivity contribution in [3.63, 3.8) is 0 Å². The van der Waals surface area contributed by atoms with Crippen LogP contribution in [0.1, 0.15) is 43.2 Å². The van der Waals surface area contributed by atoms with Gasteiger partial charge in [-0.05, 0) is 54.5 Å². The third-order valence-corrected chi connectivity index (χ3v) is 6.24. The Labute approximate surface area is 176 Å². The van der Waals surface area contributed by atoms with Crippen LogP contribution in [0.25, 0.3) is 6.08 Å². The molecule has 4 rings (SSSR count). The highest BCUT2D eigenvalue weighted by Crippen LogP contribution is 2.40. The number of hydrogen-bond donors (Lipinski definition) is 1. The molecule has 3 atom stereocenters. The average molecular weight is 407 g/mol. The molecule has 2 aliphatic rings. The quantitative estimate of drug-likeness (QED) is 0.752. The van der Waals surface area contributed by atoms with Gasteiger partial charge in [-0.3, -0.25) is 9.59 Å². The number of benzene rings is 2. The van der Waals surface area contributed by atoms with Gasteiger partial charge in [-0.2, -0.15) is 0 Å². The number of hydrogen-bond acceptors (Lipinski definition) is 2. The molecule has 1 aliphatic carbocycles. The van der Waals surface area contributed by atoms with E-state index in [0.717, 1.165) is 36.8 Å². The van der Waals surface area contributed by atoms with E-state index in [2.05, 4.69) is 5.32 Å². The molecule has 156 valence electrons. The predicted octanol–water partition coefficient (Wildman–Crippen LogP) is 4.32. The molecular weight excluding hydrogens is 379 g/mol. The molecule has 1 N–H and O–H groups in total. The second kappa shape index (κ2) is 9.24. The maximum Gasteiger partial charge on any atom is 0.247 e. The second-order valence-corrected chi connectivity index (χ2v) is 8.20. The number of carbonyl (C=O) groups is 2. The lowest BCUT2D eigenvalue weighted by molar-refractivity contribution is -0.137. The average Bonchev–Trinajstić information content (AvgIpc) is 3.17. The first-order valence-corrected chi connectivity index (χ1v) is 10.7. The molecule has 1 saturated carbocycles. The number of nitrogens with one attached hydrogen (secondary N) is 1. The molecular formula is C25H27FN2O2. The van der Waals surface area contributed by atoms with E-state index in [-0.39, 0.29) is 23.7 Å². The first-order chi connectivity index (χ1) is 14.6. The zero-order valence-electron chi connectivity index (χ0n) is 17.0. The van der Waals surface area contributed by atoms with E-state index in [0.29, 0.717) is 18.9 Å². The van der Waals surface area contributed by atoms with Gasteiger partial charge in [0, 0.05) is 18.7 Å². The molecule has 5 heteroatoms. The van der Waals surface area contributed by atoms with E-state index in [9.17, 15) is 14.0 Å². The van der Waals surface area contributed by atoms with Gasteiger partial charge in [-0.15, -0.1) is 0 Å². The molecule has 2 aromatic carbocycles. The molecule has 2 fully saturated rings. The van der Waals surface area contributed by atoms with Crippen LogP contribution in [-0.4, -0.2) is 28.8 Å². The summed E-state index contributed by atoms with van der Waals surface area (Å²) in [6.45, 7) is 0.326. The van der Waals surface area contributed by atoms with Gasteiger partial charge in [0.15, 0.2) is 0 Å². The Hall–Kier alpha value is -2.95. The number of amides is 2. The number of fused-ring (bicyclic) bond motifs is 1. The molecule has 0 spiro atoms. The Morgan fingerprint density at radius 2 is 1.77 bits per heavy atom. The lowest BCUT2D eigenvalue weighted by Gasteiger charge is -2.33. The van der Waals surface area contributed by atoms with Crippen LogP contribution >= 0.6 is 0 Å². The molecule has 2 aromatic rings. The van der Waals surface area contributed by atoms with Crippen LogP contribution in [0.3, 0.4) is 0 Å². The number of carbonyl (C=O) groups excluding carboxylic acids is 2. The summed E-state index contributed by atoms with van der Waals surface area (Å²) in [6, 6.07) is 15.5. The van der Waals surface area contributed by atoms with Crippen molar-refractivity contribution in [2.45, 2.75) is 50.7 Å². The van der Waals surface area contributed by atoms with Crippen LogP contribution in [0.2, 0.25) is 0 Å². The minimum atomic E-state index is -0.452. The lowest BCUT2D eigenvalue weighted by atomic mass is 9.84. The fourth-order valence-electron chi connectivity index (χ4n) is 4.74. The fourth-order valence-corrected chi connectivity index (χ4v) is 4.74. The molecule has 3 unspecified atom stereocenters. The van der Waals surface area contributed by atoms with Crippen molar-refractivity contribution >= 4 is 17.9 Å². The Bertz CT molecular complexity index is 911. The Morgan fingerprint density at radius 1 is 1.03 bits per heavy atom. The van der Waals surface area contributed by atoms with E-state index in [1.54, 1.807) is 18.2 Å². The minimum absolute atomic E-state index is 0.102. The van der Waals surface area contributed by atoms with Gasteiger partial charge in [0.25, 0.3) is 0 Å². The van der Waals surface area contributed by atoms with E-state index in [1.165, 1.54) is 12.1 Å². The van der Waals surface area contributed by atoms with Crippen LogP contribution in [0.5, 0.6) is 0 Å². The zero-order valence-corrected chi connectivity index (χ0v) is 17.0. The highest BCUT2D eigenvalue weighted by Gasteiger charge is 2.46. The Kier molecular flexibility index (Phi) is 6.26. The largest absolute Gasteiger partial charge is 0.350 e. The maximum atomic E-state index is 13.1. The molecule has 1 heterocycles. The van der Waals surface area contributed by atoms with Gasteiger partial charge >= 0.3 is 0 Å². The summed E-state index contributed by atoms with van der Waals surface area (Å²) < 4.78 is 13.1. The fraction of sp³-hybridized carbons (Fsp3) is 0.360. The number of rotatable bonds is 5. The number of nitrogens with zero attached hydrogens (tertiary/aromatic N) is 1. The second-order valence-electron chi connectivity index (χ2n) is 8.20. The highest BCUT2D eigenvalue weighted by atomic mass is 19.1. The van der Waals surface area contributed by atoms with E-state index >= 15 is 0 Å². The molecule has 0 bridgehead atoms. The van der Waals surface area contributed by atoms with Crippen molar-refractivity contribution < 1.29 is 14.0 Å². The van der Waals surface area contributed by atoms with Crippen molar-refractivity contribution in [2.75, 3.05) is 0 Å². The van der Waals surface area contributed by atoms with Gasteiger partial charge in [-0.1, -0.05) is 55.3 Å². The van der Waals surface area contributed by atoms with Crippen LogP contribution in [-0.2, 0) is 16.1 Å². The summed E-state index contributed by atoms with van der Waals surface area (Å²) in [5, 5.41) is 2.95. The zero-order chi connectivity index (χ0) is 20.9. The minimum Gasteiger partial charge on any atom is -0.350 e. The molecule has 1 aliphatic heterocycles. The van der Waals surface area contributed by atoms with Crippen molar-refractivity contribution in [3.05, 3.63) is 77.6 Å². The van der Waals surface area contributed by atoms with E-state index in [1.807, 2.05) is 41.3 Å². The summed E-state index contributed by atoms with van der Waals surface area (Å²) in [5.74, 6) is -0.147. The highest BCUT2D eigenvalue weighted by molar-refractivity contribution is 5.96. The van der Waals surface area contributed by atoms with Gasteiger partial charge in [-0.25, -0.2) is 4.39 Å². The standard InChI is InChI=1S/C25H27FN2O2/c26-21-13-10-19(11-14-21)17-27-25(30)23-16-20-8-4-5-9-22(20)28(23)24(29)15-12-18-6-2-1-3-7-18/h1-3,6-7,10-15,20,22-23H,4-5,8-9,16-17H2,(H,27,30). The normalized spacial score (nSPS) is 23.4. The smallest absolute Gasteiger partial charge is 0.247 e. The Morgan fingerprint density at radius 3 is 2.53 bits per heavy atom.